The molecule has 4 rings (SSSR count). The van der Waals surface area contributed by atoms with Gasteiger partial charge in [-0.05, 0) is 43.5 Å². The molecule has 6 heteroatoms. The van der Waals surface area contributed by atoms with Crippen LogP contribution in [0.25, 0.3) is 5.69 Å². The topological polar surface area (TPSA) is 60.3 Å². The van der Waals surface area contributed by atoms with Gasteiger partial charge in [0.2, 0.25) is 0 Å². The number of aromatic nitrogens is 3. The SMILES string of the molecule is COc1cn(-c2ccccc2)nc1C(=O)N(c1ccc(C)cn1)C1CCCCC1. The third kappa shape index (κ3) is 4.01. The van der Waals surface area contributed by atoms with Crippen molar-refractivity contribution in [3.8, 4) is 11.4 Å². The van der Waals surface area contributed by atoms with Gasteiger partial charge in [0.15, 0.2) is 11.4 Å². The molecule has 1 aliphatic carbocycles. The molecule has 0 atom stereocenters. The summed E-state index contributed by atoms with van der Waals surface area (Å²) in [7, 11) is 1.57. The third-order valence-corrected chi connectivity index (χ3v) is 5.43. The fourth-order valence-corrected chi connectivity index (χ4v) is 3.88. The number of pyridine rings is 1. The van der Waals surface area contributed by atoms with Crippen LogP contribution in [0, 0.1) is 6.92 Å². The summed E-state index contributed by atoms with van der Waals surface area (Å²) in [6.07, 6.45) is 8.96. The van der Waals surface area contributed by atoms with Gasteiger partial charge >= 0.3 is 0 Å². The van der Waals surface area contributed by atoms with Crippen molar-refractivity contribution in [1.82, 2.24) is 14.8 Å². The molecule has 0 radical (unpaired) electrons. The highest BCUT2D eigenvalue weighted by Crippen LogP contribution is 2.30. The minimum Gasteiger partial charge on any atom is -0.493 e. The smallest absolute Gasteiger partial charge is 0.284 e. The number of carbonyl (C=O) groups is 1. The van der Waals surface area contributed by atoms with E-state index in [2.05, 4.69) is 10.1 Å². The van der Waals surface area contributed by atoms with Gasteiger partial charge in [0.25, 0.3) is 5.91 Å². The van der Waals surface area contributed by atoms with E-state index in [1.165, 1.54) is 6.42 Å². The quantitative estimate of drug-likeness (QED) is 0.641. The molecule has 0 bridgehead atoms. The summed E-state index contributed by atoms with van der Waals surface area (Å²) in [5.41, 5.74) is 2.25. The Morgan fingerprint density at radius 2 is 1.86 bits per heavy atom. The summed E-state index contributed by atoms with van der Waals surface area (Å²) in [6.45, 7) is 1.99. The number of carbonyl (C=O) groups excluding carboxylic acids is 1. The molecule has 0 N–H and O–H groups in total. The van der Waals surface area contributed by atoms with Crippen molar-refractivity contribution >= 4 is 11.7 Å². The third-order valence-electron chi connectivity index (χ3n) is 5.43. The largest absolute Gasteiger partial charge is 0.493 e. The summed E-state index contributed by atoms with van der Waals surface area (Å²) in [5.74, 6) is 0.968. The van der Waals surface area contributed by atoms with E-state index < -0.39 is 0 Å². The Morgan fingerprint density at radius 3 is 2.52 bits per heavy atom. The predicted octanol–water partition coefficient (Wildman–Crippen LogP) is 4.56. The van der Waals surface area contributed by atoms with Crippen LogP contribution in [0.2, 0.25) is 0 Å². The Labute approximate surface area is 171 Å². The monoisotopic (exact) mass is 390 g/mol. The number of ether oxygens (including phenoxy) is 1. The fraction of sp³-hybridized carbons (Fsp3) is 0.348. The van der Waals surface area contributed by atoms with Crippen LogP contribution < -0.4 is 9.64 Å². The number of para-hydroxylation sites is 1. The lowest BCUT2D eigenvalue weighted by Gasteiger charge is -2.33. The molecule has 2 heterocycles. The lowest BCUT2D eigenvalue weighted by molar-refractivity contribution is 0.0961. The molecule has 150 valence electrons. The molecule has 0 unspecified atom stereocenters. The van der Waals surface area contributed by atoms with Crippen LogP contribution in [0.5, 0.6) is 5.75 Å². The lowest BCUT2D eigenvalue weighted by Crippen LogP contribution is -2.42. The predicted molar refractivity (Wildman–Crippen MR) is 113 cm³/mol. The van der Waals surface area contributed by atoms with Gasteiger partial charge in [0.1, 0.15) is 5.82 Å². The van der Waals surface area contributed by atoms with Gasteiger partial charge in [-0.2, -0.15) is 5.10 Å². The van der Waals surface area contributed by atoms with Crippen LogP contribution in [0.3, 0.4) is 0 Å². The molecule has 1 saturated carbocycles. The molecule has 1 aromatic carbocycles. The van der Waals surface area contributed by atoms with E-state index in [-0.39, 0.29) is 11.9 Å². The Bertz CT molecular complexity index is 960. The number of benzene rings is 1. The maximum absolute atomic E-state index is 13.7. The van der Waals surface area contributed by atoms with E-state index in [9.17, 15) is 4.79 Å². The first-order chi connectivity index (χ1) is 14.2. The number of nitrogens with zero attached hydrogens (tertiary/aromatic N) is 4. The van der Waals surface area contributed by atoms with Crippen molar-refractivity contribution in [3.63, 3.8) is 0 Å². The van der Waals surface area contributed by atoms with Crippen molar-refractivity contribution in [2.24, 2.45) is 0 Å². The molecule has 3 aromatic rings. The van der Waals surface area contributed by atoms with Crippen molar-refractivity contribution < 1.29 is 9.53 Å². The summed E-state index contributed by atoms with van der Waals surface area (Å²) in [6, 6.07) is 13.8. The van der Waals surface area contributed by atoms with Crippen molar-refractivity contribution in [3.05, 3.63) is 66.1 Å². The molecule has 0 spiro atoms. The zero-order valence-corrected chi connectivity index (χ0v) is 16.9. The van der Waals surface area contributed by atoms with Crippen LogP contribution in [-0.2, 0) is 0 Å². The highest BCUT2D eigenvalue weighted by Gasteiger charge is 2.32. The highest BCUT2D eigenvalue weighted by atomic mass is 16.5. The molecule has 0 aliphatic heterocycles. The second-order valence-electron chi connectivity index (χ2n) is 7.49. The van der Waals surface area contributed by atoms with Crippen molar-refractivity contribution in [2.45, 2.75) is 45.1 Å². The maximum Gasteiger partial charge on any atom is 0.284 e. The van der Waals surface area contributed by atoms with Gasteiger partial charge < -0.3 is 4.74 Å². The lowest BCUT2D eigenvalue weighted by atomic mass is 9.94. The Morgan fingerprint density at radius 1 is 1.10 bits per heavy atom. The number of hydrogen-bond donors (Lipinski definition) is 0. The molecule has 1 amide bonds. The number of rotatable bonds is 5. The molecular weight excluding hydrogens is 364 g/mol. The molecule has 1 fully saturated rings. The average Bonchev–Trinajstić information content (AvgIpc) is 3.21. The van der Waals surface area contributed by atoms with Crippen LogP contribution in [0.1, 0.15) is 48.2 Å². The van der Waals surface area contributed by atoms with E-state index >= 15 is 0 Å². The van der Waals surface area contributed by atoms with Gasteiger partial charge in [-0.15, -0.1) is 0 Å². The van der Waals surface area contributed by atoms with E-state index in [1.54, 1.807) is 24.2 Å². The number of amides is 1. The van der Waals surface area contributed by atoms with Gasteiger partial charge in [-0.1, -0.05) is 43.5 Å². The summed E-state index contributed by atoms with van der Waals surface area (Å²) in [5, 5.41) is 4.58. The number of methoxy groups -OCH3 is 1. The molecule has 0 saturated heterocycles. The summed E-state index contributed by atoms with van der Waals surface area (Å²) in [4.78, 5) is 20.1. The second-order valence-corrected chi connectivity index (χ2v) is 7.49. The van der Waals surface area contributed by atoms with Gasteiger partial charge in [-0.25, -0.2) is 9.67 Å². The zero-order valence-electron chi connectivity index (χ0n) is 16.9. The van der Waals surface area contributed by atoms with Gasteiger partial charge in [-0.3, -0.25) is 9.69 Å². The van der Waals surface area contributed by atoms with Gasteiger partial charge in [0, 0.05) is 12.2 Å². The molecular formula is C23H26N4O2. The fourth-order valence-electron chi connectivity index (χ4n) is 3.88. The van der Waals surface area contributed by atoms with E-state index in [4.69, 9.17) is 4.74 Å². The first kappa shape index (κ1) is 19.2. The normalized spacial score (nSPS) is 14.6. The van der Waals surface area contributed by atoms with E-state index in [0.717, 1.165) is 36.9 Å². The Hall–Kier alpha value is -3.15. The van der Waals surface area contributed by atoms with Crippen LogP contribution in [-0.4, -0.2) is 33.8 Å². The molecule has 6 nitrogen and oxygen atoms in total. The number of aryl methyl sites for hydroxylation is 1. The molecule has 1 aliphatic rings. The maximum atomic E-state index is 13.7. The first-order valence-electron chi connectivity index (χ1n) is 10.1. The van der Waals surface area contributed by atoms with Crippen LogP contribution in [0.4, 0.5) is 5.82 Å². The Balaban J connectivity index is 1.74. The number of hydrogen-bond acceptors (Lipinski definition) is 4. The first-order valence-corrected chi connectivity index (χ1v) is 10.1. The average molecular weight is 390 g/mol. The van der Waals surface area contributed by atoms with Crippen molar-refractivity contribution in [2.75, 3.05) is 12.0 Å². The highest BCUT2D eigenvalue weighted by molar-refractivity contribution is 6.06. The summed E-state index contributed by atoms with van der Waals surface area (Å²) >= 11 is 0. The van der Waals surface area contributed by atoms with Gasteiger partial charge in [0.05, 0.1) is 19.0 Å². The van der Waals surface area contributed by atoms with Crippen molar-refractivity contribution in [1.29, 1.82) is 0 Å². The van der Waals surface area contributed by atoms with Crippen LogP contribution in [0.15, 0.2) is 54.9 Å². The Kier molecular flexibility index (Phi) is 5.60. The van der Waals surface area contributed by atoms with E-state index in [0.29, 0.717) is 17.3 Å². The molecule has 2 aromatic heterocycles. The number of anilines is 1. The van der Waals surface area contributed by atoms with E-state index in [1.807, 2.05) is 54.3 Å². The standard InChI is InChI=1S/C23H26N4O2/c1-17-13-14-21(24-15-17)27(19-11-7-4-8-12-19)23(28)22-20(29-2)16-26(25-22)18-9-5-3-6-10-18/h3,5-6,9-10,13-16,19H,4,7-8,11-12H2,1-2H3. The van der Waals surface area contributed by atoms with Crippen LogP contribution >= 0.6 is 0 Å². The molecule has 29 heavy (non-hydrogen) atoms. The minimum atomic E-state index is -0.167. The summed E-state index contributed by atoms with van der Waals surface area (Å²) < 4.78 is 7.20. The second kappa shape index (κ2) is 8.47. The minimum absolute atomic E-state index is 0.123. The zero-order chi connectivity index (χ0) is 20.2.